The van der Waals surface area contributed by atoms with Crippen LogP contribution in [0.3, 0.4) is 0 Å². The minimum absolute atomic E-state index is 0.786. The SMILES string of the molecule is CCc1cccc(CC)c1-c1cc(OC)c(CN(C)Cc2ccc(Br)cc2)c(C)n1. The highest BCUT2D eigenvalue weighted by molar-refractivity contribution is 9.10. The van der Waals surface area contributed by atoms with E-state index in [0.717, 1.165) is 53.1 Å². The third-order valence-corrected chi connectivity index (χ3v) is 6.09. The van der Waals surface area contributed by atoms with Crippen molar-refractivity contribution in [3.8, 4) is 17.0 Å². The third kappa shape index (κ3) is 5.11. The van der Waals surface area contributed by atoms with Crippen molar-refractivity contribution in [2.75, 3.05) is 14.2 Å². The first-order chi connectivity index (χ1) is 14.5. The van der Waals surface area contributed by atoms with Gasteiger partial charge in [0.1, 0.15) is 5.75 Å². The first-order valence-electron chi connectivity index (χ1n) is 10.5. The van der Waals surface area contributed by atoms with E-state index in [0.29, 0.717) is 0 Å². The first kappa shape index (κ1) is 22.5. The van der Waals surface area contributed by atoms with Crippen LogP contribution in [0.5, 0.6) is 5.75 Å². The molecule has 30 heavy (non-hydrogen) atoms. The lowest BCUT2D eigenvalue weighted by atomic mass is 9.94. The monoisotopic (exact) mass is 466 g/mol. The molecule has 4 heteroatoms. The molecule has 0 bridgehead atoms. The Morgan fingerprint density at radius 1 is 0.967 bits per heavy atom. The average molecular weight is 467 g/mol. The number of pyridine rings is 1. The van der Waals surface area contributed by atoms with Gasteiger partial charge < -0.3 is 4.74 Å². The normalized spacial score (nSPS) is 11.2. The van der Waals surface area contributed by atoms with Crippen molar-refractivity contribution in [3.05, 3.63) is 81.0 Å². The number of ether oxygens (including phenoxy) is 1. The van der Waals surface area contributed by atoms with Gasteiger partial charge in [-0.15, -0.1) is 0 Å². The van der Waals surface area contributed by atoms with Gasteiger partial charge in [0.05, 0.1) is 12.8 Å². The Morgan fingerprint density at radius 2 is 1.60 bits per heavy atom. The molecule has 0 aliphatic rings. The molecule has 3 aromatic rings. The molecular formula is C26H31BrN2O. The van der Waals surface area contributed by atoms with Crippen LogP contribution in [-0.4, -0.2) is 24.0 Å². The summed E-state index contributed by atoms with van der Waals surface area (Å²) in [4.78, 5) is 7.33. The van der Waals surface area contributed by atoms with Crippen LogP contribution in [0.25, 0.3) is 11.3 Å². The Hall–Kier alpha value is -2.17. The standard InChI is InChI=1S/C26H31BrN2O/c1-6-20-9-8-10-21(7-2)26(20)24-15-25(30-5)23(18(3)28-24)17-29(4)16-19-11-13-22(27)14-12-19/h8-15H,6-7,16-17H2,1-5H3. The quantitative estimate of drug-likeness (QED) is 0.374. The largest absolute Gasteiger partial charge is 0.496 e. The molecule has 0 radical (unpaired) electrons. The summed E-state index contributed by atoms with van der Waals surface area (Å²) in [5.41, 5.74) is 8.41. The van der Waals surface area contributed by atoms with E-state index in [1.165, 1.54) is 22.3 Å². The summed E-state index contributed by atoms with van der Waals surface area (Å²) in [6.45, 7) is 8.15. The lowest BCUT2D eigenvalue weighted by Crippen LogP contribution is -2.19. The molecule has 3 nitrogen and oxygen atoms in total. The van der Waals surface area contributed by atoms with Gasteiger partial charge in [0, 0.05) is 40.4 Å². The van der Waals surface area contributed by atoms with Gasteiger partial charge in [0.2, 0.25) is 0 Å². The summed E-state index contributed by atoms with van der Waals surface area (Å²) in [5.74, 6) is 0.910. The average Bonchev–Trinajstić information content (AvgIpc) is 2.75. The van der Waals surface area contributed by atoms with Gasteiger partial charge >= 0.3 is 0 Å². The summed E-state index contributed by atoms with van der Waals surface area (Å²) in [6, 6.07) is 17.2. The minimum atomic E-state index is 0.786. The summed E-state index contributed by atoms with van der Waals surface area (Å²) in [6.07, 6.45) is 1.98. The second-order valence-electron chi connectivity index (χ2n) is 7.73. The molecule has 3 rings (SSSR count). The van der Waals surface area contributed by atoms with Gasteiger partial charge in [0.15, 0.2) is 0 Å². The van der Waals surface area contributed by atoms with Crippen LogP contribution in [0, 0.1) is 6.92 Å². The first-order valence-corrected chi connectivity index (χ1v) is 11.3. The van der Waals surface area contributed by atoms with E-state index >= 15 is 0 Å². The Kier molecular flexibility index (Phi) is 7.68. The molecule has 0 amide bonds. The van der Waals surface area contributed by atoms with E-state index in [4.69, 9.17) is 9.72 Å². The van der Waals surface area contributed by atoms with Crippen molar-refractivity contribution < 1.29 is 4.74 Å². The number of hydrogen-bond acceptors (Lipinski definition) is 3. The molecule has 0 spiro atoms. The number of nitrogens with zero attached hydrogens (tertiary/aromatic N) is 2. The zero-order valence-corrected chi connectivity index (χ0v) is 20.2. The van der Waals surface area contributed by atoms with Gasteiger partial charge in [-0.05, 0) is 55.6 Å². The molecule has 0 saturated heterocycles. The number of aryl methyl sites for hydroxylation is 3. The molecule has 0 aliphatic heterocycles. The predicted octanol–water partition coefficient (Wildman–Crippen LogP) is 6.58. The Morgan fingerprint density at radius 3 is 2.17 bits per heavy atom. The highest BCUT2D eigenvalue weighted by Crippen LogP contribution is 2.33. The van der Waals surface area contributed by atoms with E-state index in [2.05, 4.69) is 97.2 Å². The van der Waals surface area contributed by atoms with Crippen LogP contribution in [0.4, 0.5) is 0 Å². The van der Waals surface area contributed by atoms with Gasteiger partial charge in [-0.3, -0.25) is 9.88 Å². The molecule has 0 fully saturated rings. The molecule has 0 atom stereocenters. The molecule has 1 aromatic heterocycles. The van der Waals surface area contributed by atoms with E-state index in [1.54, 1.807) is 7.11 Å². The molecule has 1 heterocycles. The van der Waals surface area contributed by atoms with Crippen molar-refractivity contribution >= 4 is 15.9 Å². The zero-order valence-electron chi connectivity index (χ0n) is 18.6. The molecule has 0 aliphatic carbocycles. The van der Waals surface area contributed by atoms with Gasteiger partial charge in [0.25, 0.3) is 0 Å². The summed E-state index contributed by atoms with van der Waals surface area (Å²) in [7, 11) is 3.89. The fourth-order valence-corrected chi connectivity index (χ4v) is 4.24. The van der Waals surface area contributed by atoms with Crippen LogP contribution >= 0.6 is 15.9 Å². The van der Waals surface area contributed by atoms with E-state index < -0.39 is 0 Å². The molecule has 158 valence electrons. The summed E-state index contributed by atoms with van der Waals surface area (Å²) < 4.78 is 6.93. The Balaban J connectivity index is 1.92. The third-order valence-electron chi connectivity index (χ3n) is 5.56. The van der Waals surface area contributed by atoms with Gasteiger partial charge in [-0.2, -0.15) is 0 Å². The fourth-order valence-electron chi connectivity index (χ4n) is 3.97. The van der Waals surface area contributed by atoms with Crippen molar-refractivity contribution in [2.24, 2.45) is 0 Å². The maximum atomic E-state index is 5.83. The number of benzene rings is 2. The van der Waals surface area contributed by atoms with E-state index in [9.17, 15) is 0 Å². The molecule has 0 unspecified atom stereocenters. The minimum Gasteiger partial charge on any atom is -0.496 e. The maximum Gasteiger partial charge on any atom is 0.127 e. The van der Waals surface area contributed by atoms with Crippen LogP contribution in [0.15, 0.2) is 53.0 Å². The van der Waals surface area contributed by atoms with E-state index in [-0.39, 0.29) is 0 Å². The highest BCUT2D eigenvalue weighted by Gasteiger charge is 2.17. The summed E-state index contributed by atoms with van der Waals surface area (Å²) >= 11 is 3.50. The van der Waals surface area contributed by atoms with Crippen LogP contribution in [-0.2, 0) is 25.9 Å². The highest BCUT2D eigenvalue weighted by atomic mass is 79.9. The molecule has 0 saturated carbocycles. The lowest BCUT2D eigenvalue weighted by Gasteiger charge is -2.21. The number of aromatic nitrogens is 1. The van der Waals surface area contributed by atoms with Gasteiger partial charge in [-0.25, -0.2) is 0 Å². The maximum absolute atomic E-state index is 5.83. The zero-order chi connectivity index (χ0) is 21.7. The van der Waals surface area contributed by atoms with Crippen LogP contribution in [0.1, 0.15) is 41.8 Å². The molecule has 0 N–H and O–H groups in total. The number of rotatable bonds is 8. The van der Waals surface area contributed by atoms with Crippen molar-refractivity contribution in [1.82, 2.24) is 9.88 Å². The number of halogens is 1. The van der Waals surface area contributed by atoms with Crippen molar-refractivity contribution in [3.63, 3.8) is 0 Å². The fraction of sp³-hybridized carbons (Fsp3) is 0.346. The molecule has 2 aromatic carbocycles. The predicted molar refractivity (Wildman–Crippen MR) is 129 cm³/mol. The van der Waals surface area contributed by atoms with Gasteiger partial charge in [-0.1, -0.05) is 60.1 Å². The smallest absolute Gasteiger partial charge is 0.127 e. The summed E-state index contributed by atoms with van der Waals surface area (Å²) in [5, 5.41) is 0. The second-order valence-corrected chi connectivity index (χ2v) is 8.65. The topological polar surface area (TPSA) is 25.4 Å². The van der Waals surface area contributed by atoms with Crippen LogP contribution in [0.2, 0.25) is 0 Å². The molecular weight excluding hydrogens is 436 g/mol. The number of hydrogen-bond donors (Lipinski definition) is 0. The van der Waals surface area contributed by atoms with Crippen molar-refractivity contribution in [1.29, 1.82) is 0 Å². The lowest BCUT2D eigenvalue weighted by molar-refractivity contribution is 0.308. The second kappa shape index (κ2) is 10.2. The Labute approximate surface area is 189 Å². The van der Waals surface area contributed by atoms with Crippen LogP contribution < -0.4 is 4.74 Å². The Bertz CT molecular complexity index is 976. The number of methoxy groups -OCH3 is 1. The van der Waals surface area contributed by atoms with E-state index in [1.807, 2.05) is 0 Å². The van der Waals surface area contributed by atoms with Crippen molar-refractivity contribution in [2.45, 2.75) is 46.7 Å².